The SMILES string of the molecule is CC(C)C1CCC(C(=O)O)CC1.Cl. The quantitative estimate of drug-likeness (QED) is 0.755. The average Bonchev–Trinajstić information content (AvgIpc) is 2.04. The summed E-state index contributed by atoms with van der Waals surface area (Å²) in [5, 5.41) is 8.76. The van der Waals surface area contributed by atoms with Crippen molar-refractivity contribution in [3.8, 4) is 0 Å². The van der Waals surface area contributed by atoms with Crippen molar-refractivity contribution in [3.63, 3.8) is 0 Å². The number of aliphatic carboxylic acids is 1. The molecule has 1 rings (SSSR count). The van der Waals surface area contributed by atoms with Crippen LogP contribution in [-0.4, -0.2) is 11.1 Å². The van der Waals surface area contributed by atoms with Gasteiger partial charge in [0.15, 0.2) is 0 Å². The molecule has 0 aliphatic heterocycles. The molecule has 1 aliphatic carbocycles. The summed E-state index contributed by atoms with van der Waals surface area (Å²) in [6.07, 6.45) is 3.99. The van der Waals surface area contributed by atoms with Crippen molar-refractivity contribution in [2.45, 2.75) is 39.5 Å². The van der Waals surface area contributed by atoms with Crippen LogP contribution >= 0.6 is 12.4 Å². The lowest BCUT2D eigenvalue weighted by atomic mass is 9.77. The summed E-state index contributed by atoms with van der Waals surface area (Å²) < 4.78 is 0. The van der Waals surface area contributed by atoms with Crippen molar-refractivity contribution in [1.29, 1.82) is 0 Å². The van der Waals surface area contributed by atoms with Crippen LogP contribution < -0.4 is 0 Å². The Kier molecular flexibility index (Phi) is 5.38. The van der Waals surface area contributed by atoms with Crippen molar-refractivity contribution in [3.05, 3.63) is 0 Å². The van der Waals surface area contributed by atoms with Gasteiger partial charge < -0.3 is 5.11 Å². The molecule has 3 heteroatoms. The van der Waals surface area contributed by atoms with Crippen LogP contribution in [0.5, 0.6) is 0 Å². The van der Waals surface area contributed by atoms with Crippen LogP contribution in [0.4, 0.5) is 0 Å². The van der Waals surface area contributed by atoms with Crippen LogP contribution in [0, 0.1) is 17.8 Å². The van der Waals surface area contributed by atoms with Crippen molar-refractivity contribution in [2.75, 3.05) is 0 Å². The Morgan fingerprint density at radius 1 is 1.23 bits per heavy atom. The molecule has 0 aromatic carbocycles. The van der Waals surface area contributed by atoms with Gasteiger partial charge in [-0.05, 0) is 37.5 Å². The predicted molar refractivity (Wildman–Crippen MR) is 55.2 cm³/mol. The summed E-state index contributed by atoms with van der Waals surface area (Å²) in [5.74, 6) is 0.831. The molecule has 0 aromatic heterocycles. The van der Waals surface area contributed by atoms with Crippen molar-refractivity contribution in [2.24, 2.45) is 17.8 Å². The van der Waals surface area contributed by atoms with Gasteiger partial charge in [-0.15, -0.1) is 12.4 Å². The molecule has 1 saturated carbocycles. The van der Waals surface area contributed by atoms with Gasteiger partial charge in [0.25, 0.3) is 0 Å². The zero-order valence-electron chi connectivity index (χ0n) is 8.32. The molecule has 1 fully saturated rings. The van der Waals surface area contributed by atoms with E-state index >= 15 is 0 Å². The number of carbonyl (C=O) groups is 1. The van der Waals surface area contributed by atoms with Crippen LogP contribution in [0.25, 0.3) is 0 Å². The standard InChI is InChI=1S/C10H18O2.ClH/c1-7(2)8-3-5-9(6-4-8)10(11)12;/h7-9H,3-6H2,1-2H3,(H,11,12);1H. The molecule has 0 unspecified atom stereocenters. The van der Waals surface area contributed by atoms with Gasteiger partial charge in [-0.25, -0.2) is 0 Å². The number of carboxylic acids is 1. The Morgan fingerprint density at radius 2 is 1.69 bits per heavy atom. The van der Waals surface area contributed by atoms with Crippen LogP contribution in [0.2, 0.25) is 0 Å². The smallest absolute Gasteiger partial charge is 0.306 e. The second-order valence-corrected chi connectivity index (χ2v) is 4.19. The molecule has 0 bridgehead atoms. The Labute approximate surface area is 86.1 Å². The molecule has 2 nitrogen and oxygen atoms in total. The number of hydrogen-bond donors (Lipinski definition) is 1. The molecule has 1 N–H and O–H groups in total. The van der Waals surface area contributed by atoms with E-state index in [1.807, 2.05) is 0 Å². The van der Waals surface area contributed by atoms with Gasteiger partial charge in [-0.1, -0.05) is 13.8 Å². The first-order valence-electron chi connectivity index (χ1n) is 4.84. The van der Waals surface area contributed by atoms with Crippen LogP contribution in [-0.2, 0) is 4.79 Å². The van der Waals surface area contributed by atoms with Gasteiger partial charge in [-0.3, -0.25) is 4.79 Å². The third-order valence-corrected chi connectivity index (χ3v) is 3.06. The van der Waals surface area contributed by atoms with E-state index in [1.165, 1.54) is 0 Å². The number of rotatable bonds is 2. The topological polar surface area (TPSA) is 37.3 Å². The Bertz CT molecular complexity index is 160. The summed E-state index contributed by atoms with van der Waals surface area (Å²) in [4.78, 5) is 10.6. The second-order valence-electron chi connectivity index (χ2n) is 4.19. The maximum atomic E-state index is 10.6. The fraction of sp³-hybridized carbons (Fsp3) is 0.900. The largest absolute Gasteiger partial charge is 0.481 e. The van der Waals surface area contributed by atoms with Crippen molar-refractivity contribution >= 4 is 18.4 Å². The highest BCUT2D eigenvalue weighted by Crippen LogP contribution is 2.33. The summed E-state index contributed by atoms with van der Waals surface area (Å²) in [5.41, 5.74) is 0. The Hall–Kier alpha value is -0.240. The van der Waals surface area contributed by atoms with Crippen LogP contribution in [0.1, 0.15) is 39.5 Å². The molecular formula is C10H19ClO2. The molecule has 0 heterocycles. The average molecular weight is 207 g/mol. The molecule has 0 radical (unpaired) electrons. The van der Waals surface area contributed by atoms with Crippen molar-refractivity contribution < 1.29 is 9.90 Å². The van der Waals surface area contributed by atoms with E-state index in [9.17, 15) is 4.79 Å². The van der Waals surface area contributed by atoms with Gasteiger partial charge in [0.05, 0.1) is 5.92 Å². The third kappa shape index (κ3) is 3.55. The van der Waals surface area contributed by atoms with Crippen LogP contribution in [0.15, 0.2) is 0 Å². The van der Waals surface area contributed by atoms with Gasteiger partial charge in [0.2, 0.25) is 0 Å². The van der Waals surface area contributed by atoms with Gasteiger partial charge in [0, 0.05) is 0 Å². The zero-order valence-corrected chi connectivity index (χ0v) is 9.14. The van der Waals surface area contributed by atoms with Gasteiger partial charge in [-0.2, -0.15) is 0 Å². The van der Waals surface area contributed by atoms with E-state index in [4.69, 9.17) is 5.11 Å². The lowest BCUT2D eigenvalue weighted by molar-refractivity contribution is -0.143. The summed E-state index contributed by atoms with van der Waals surface area (Å²) in [6.45, 7) is 4.46. The predicted octanol–water partition coefficient (Wildman–Crippen LogP) is 2.96. The molecule has 1 aliphatic rings. The van der Waals surface area contributed by atoms with E-state index in [0.717, 1.165) is 37.5 Å². The third-order valence-electron chi connectivity index (χ3n) is 3.06. The summed E-state index contributed by atoms with van der Waals surface area (Å²) >= 11 is 0. The second kappa shape index (κ2) is 5.48. The number of carboxylic acid groups (broad SMARTS) is 1. The minimum Gasteiger partial charge on any atom is -0.481 e. The minimum absolute atomic E-state index is 0. The van der Waals surface area contributed by atoms with Gasteiger partial charge in [0.1, 0.15) is 0 Å². The first kappa shape index (κ1) is 12.8. The lowest BCUT2D eigenvalue weighted by Crippen LogP contribution is -2.23. The van der Waals surface area contributed by atoms with E-state index in [2.05, 4.69) is 13.8 Å². The van der Waals surface area contributed by atoms with Crippen molar-refractivity contribution in [1.82, 2.24) is 0 Å². The first-order chi connectivity index (χ1) is 5.61. The minimum atomic E-state index is -0.600. The number of hydrogen-bond acceptors (Lipinski definition) is 1. The van der Waals surface area contributed by atoms with E-state index < -0.39 is 5.97 Å². The monoisotopic (exact) mass is 206 g/mol. The Balaban J connectivity index is 0.00000144. The molecular weight excluding hydrogens is 188 g/mol. The first-order valence-corrected chi connectivity index (χ1v) is 4.84. The summed E-state index contributed by atoms with van der Waals surface area (Å²) in [7, 11) is 0. The highest BCUT2D eigenvalue weighted by molar-refractivity contribution is 5.85. The van der Waals surface area contributed by atoms with Gasteiger partial charge >= 0.3 is 5.97 Å². The fourth-order valence-corrected chi connectivity index (χ4v) is 2.03. The molecule has 0 saturated heterocycles. The maximum absolute atomic E-state index is 10.6. The summed E-state index contributed by atoms with van der Waals surface area (Å²) in [6, 6.07) is 0. The fourth-order valence-electron chi connectivity index (χ4n) is 2.03. The lowest BCUT2D eigenvalue weighted by Gasteiger charge is -2.28. The molecule has 0 atom stereocenters. The van der Waals surface area contributed by atoms with E-state index in [-0.39, 0.29) is 18.3 Å². The molecule has 0 aromatic rings. The number of halogens is 1. The van der Waals surface area contributed by atoms with Crippen LogP contribution in [0.3, 0.4) is 0 Å². The highest BCUT2D eigenvalue weighted by atomic mass is 35.5. The maximum Gasteiger partial charge on any atom is 0.306 e. The van der Waals surface area contributed by atoms with E-state index in [0.29, 0.717) is 0 Å². The molecule has 13 heavy (non-hydrogen) atoms. The zero-order chi connectivity index (χ0) is 9.14. The highest BCUT2D eigenvalue weighted by Gasteiger charge is 2.26. The van der Waals surface area contributed by atoms with E-state index in [1.54, 1.807) is 0 Å². The normalized spacial score (nSPS) is 28.2. The molecule has 0 amide bonds. The molecule has 78 valence electrons. The molecule has 0 spiro atoms. The Morgan fingerprint density at radius 3 is 2.00 bits per heavy atom.